The SMILES string of the molecule is CC[C@H](C)NP(=O)(OC[C@H]1O[C@@H](n2ccc(=O)[nH]c2=O)[C@](C)(F)[C@@H]1O)Oc1ccccc1. The Kier molecular flexibility index (Phi) is 7.36. The van der Waals surface area contributed by atoms with Gasteiger partial charge in [0.15, 0.2) is 11.9 Å². The first-order chi connectivity index (χ1) is 15.1. The number of aliphatic hydroxyl groups is 1. The molecule has 10 nitrogen and oxygen atoms in total. The zero-order valence-electron chi connectivity index (χ0n) is 17.9. The van der Waals surface area contributed by atoms with Crippen LogP contribution in [0.15, 0.2) is 52.2 Å². The number of benzene rings is 1. The molecule has 32 heavy (non-hydrogen) atoms. The summed E-state index contributed by atoms with van der Waals surface area (Å²) < 4.78 is 46.1. The van der Waals surface area contributed by atoms with Gasteiger partial charge in [-0.05, 0) is 32.4 Å². The summed E-state index contributed by atoms with van der Waals surface area (Å²) in [5.74, 6) is 0.299. The molecule has 3 rings (SSSR count). The first-order valence-electron chi connectivity index (χ1n) is 10.2. The molecule has 0 amide bonds. The molecule has 6 atom stereocenters. The molecular formula is C20H27FN3O7P. The number of rotatable bonds is 9. The Bertz CT molecular complexity index is 1070. The Morgan fingerprint density at radius 3 is 2.66 bits per heavy atom. The molecule has 1 aliphatic rings. The minimum absolute atomic E-state index is 0.224. The van der Waals surface area contributed by atoms with E-state index in [-0.39, 0.29) is 6.04 Å². The van der Waals surface area contributed by atoms with Crippen LogP contribution in [0.1, 0.15) is 33.4 Å². The predicted molar refractivity (Wildman–Crippen MR) is 114 cm³/mol. The van der Waals surface area contributed by atoms with Gasteiger partial charge in [-0.2, -0.15) is 0 Å². The third-order valence-corrected chi connectivity index (χ3v) is 6.89. The van der Waals surface area contributed by atoms with Crippen molar-refractivity contribution in [3.63, 3.8) is 0 Å². The van der Waals surface area contributed by atoms with E-state index in [2.05, 4.69) is 5.09 Å². The fourth-order valence-corrected chi connectivity index (χ4v) is 4.85. The number of ether oxygens (including phenoxy) is 1. The summed E-state index contributed by atoms with van der Waals surface area (Å²) in [7, 11) is -3.92. The second-order valence-electron chi connectivity index (χ2n) is 7.78. The second-order valence-corrected chi connectivity index (χ2v) is 9.47. The van der Waals surface area contributed by atoms with Crippen LogP contribution in [0.25, 0.3) is 0 Å². The van der Waals surface area contributed by atoms with Crippen molar-refractivity contribution in [1.82, 2.24) is 14.6 Å². The molecule has 2 aromatic rings. The lowest BCUT2D eigenvalue weighted by Crippen LogP contribution is -2.43. The number of nitrogens with zero attached hydrogens (tertiary/aromatic N) is 1. The first kappa shape index (κ1) is 24.3. The van der Waals surface area contributed by atoms with Crippen molar-refractivity contribution in [2.75, 3.05) is 6.61 Å². The van der Waals surface area contributed by atoms with Crippen LogP contribution in [0.4, 0.5) is 4.39 Å². The number of halogens is 1. The standard InChI is InChI=1S/C20H27FN3O7P/c1-4-13(2)23-32(28,31-14-8-6-5-7-9-14)29-12-15-17(26)20(3,21)18(30-15)24-11-10-16(25)22-19(24)27/h5-11,13,15,17-18,26H,4,12H2,1-3H3,(H,23,28)(H,22,25,27)/t13-,15+,17+,18+,20+,32?/m0/s1. The van der Waals surface area contributed by atoms with Crippen molar-refractivity contribution in [3.8, 4) is 5.75 Å². The van der Waals surface area contributed by atoms with Crippen molar-refractivity contribution in [2.45, 2.75) is 57.3 Å². The Hall–Kier alpha value is -2.30. The number of nitrogens with one attached hydrogen (secondary N) is 2. The molecule has 1 saturated heterocycles. The van der Waals surface area contributed by atoms with Crippen molar-refractivity contribution >= 4 is 7.75 Å². The van der Waals surface area contributed by atoms with Crippen LogP contribution >= 0.6 is 7.75 Å². The molecule has 3 N–H and O–H groups in total. The third kappa shape index (κ3) is 5.36. The summed E-state index contributed by atoms with van der Waals surface area (Å²) >= 11 is 0. The highest BCUT2D eigenvalue weighted by molar-refractivity contribution is 7.52. The number of aliphatic hydroxyl groups excluding tert-OH is 1. The largest absolute Gasteiger partial charge is 0.459 e. The van der Waals surface area contributed by atoms with Gasteiger partial charge in [0, 0.05) is 18.3 Å². The Labute approximate surface area is 183 Å². The molecule has 0 radical (unpaired) electrons. The number of H-pyrrole nitrogens is 1. The average Bonchev–Trinajstić information content (AvgIpc) is 2.96. The van der Waals surface area contributed by atoms with Gasteiger partial charge in [0.1, 0.15) is 18.0 Å². The van der Waals surface area contributed by atoms with Gasteiger partial charge in [-0.3, -0.25) is 18.9 Å². The van der Waals surface area contributed by atoms with Crippen molar-refractivity contribution in [2.24, 2.45) is 0 Å². The van der Waals surface area contributed by atoms with Gasteiger partial charge in [-0.1, -0.05) is 25.1 Å². The van der Waals surface area contributed by atoms with Gasteiger partial charge in [0.05, 0.1) is 6.61 Å². The monoisotopic (exact) mass is 471 g/mol. The van der Waals surface area contributed by atoms with Crippen LogP contribution in [-0.2, 0) is 13.8 Å². The number of aromatic amines is 1. The molecule has 1 unspecified atom stereocenters. The molecule has 1 aromatic heterocycles. The van der Waals surface area contributed by atoms with E-state index in [0.29, 0.717) is 12.2 Å². The van der Waals surface area contributed by atoms with Crippen molar-refractivity contribution in [1.29, 1.82) is 0 Å². The second kappa shape index (κ2) is 9.68. The van der Waals surface area contributed by atoms with Gasteiger partial charge in [-0.15, -0.1) is 0 Å². The summed E-state index contributed by atoms with van der Waals surface area (Å²) in [6, 6.07) is 9.19. The number of alkyl halides is 1. The van der Waals surface area contributed by atoms with Crippen LogP contribution < -0.4 is 20.9 Å². The number of hydrogen-bond donors (Lipinski definition) is 3. The van der Waals surface area contributed by atoms with Crippen LogP contribution in [0.5, 0.6) is 5.75 Å². The first-order valence-corrected chi connectivity index (χ1v) is 11.7. The molecule has 176 valence electrons. The normalized spacial score (nSPS) is 28.2. The topological polar surface area (TPSA) is 132 Å². The molecule has 1 fully saturated rings. The van der Waals surface area contributed by atoms with Gasteiger partial charge in [0.25, 0.3) is 5.56 Å². The van der Waals surface area contributed by atoms with Gasteiger partial charge in [0.2, 0.25) is 0 Å². The van der Waals surface area contributed by atoms with Crippen LogP contribution in [0.2, 0.25) is 0 Å². The smallest absolute Gasteiger partial charge is 0.413 e. The summed E-state index contributed by atoms with van der Waals surface area (Å²) in [5, 5.41) is 13.3. The van der Waals surface area contributed by atoms with Gasteiger partial charge < -0.3 is 14.4 Å². The third-order valence-electron chi connectivity index (χ3n) is 5.19. The zero-order valence-corrected chi connectivity index (χ0v) is 18.8. The van der Waals surface area contributed by atoms with E-state index in [1.807, 2.05) is 11.9 Å². The van der Waals surface area contributed by atoms with Gasteiger partial charge in [-0.25, -0.2) is 18.8 Å². The van der Waals surface area contributed by atoms with E-state index in [1.54, 1.807) is 37.3 Å². The maximum atomic E-state index is 15.3. The molecule has 2 heterocycles. The Balaban J connectivity index is 1.78. The van der Waals surface area contributed by atoms with Crippen LogP contribution in [0.3, 0.4) is 0 Å². The minimum atomic E-state index is -3.92. The Morgan fingerprint density at radius 1 is 1.34 bits per heavy atom. The highest BCUT2D eigenvalue weighted by Crippen LogP contribution is 2.47. The summed E-state index contributed by atoms with van der Waals surface area (Å²) in [6.45, 7) is 4.26. The molecule has 0 bridgehead atoms. The predicted octanol–water partition coefficient (Wildman–Crippen LogP) is 2.11. The maximum Gasteiger partial charge on any atom is 0.459 e. The van der Waals surface area contributed by atoms with Crippen molar-refractivity contribution in [3.05, 3.63) is 63.4 Å². The summed E-state index contributed by atoms with van der Waals surface area (Å²) in [5.41, 5.74) is -3.94. The van der Waals surface area contributed by atoms with E-state index in [4.69, 9.17) is 13.8 Å². The summed E-state index contributed by atoms with van der Waals surface area (Å²) in [6.07, 6.45) is -2.80. The average molecular weight is 471 g/mol. The fraction of sp³-hybridized carbons (Fsp3) is 0.500. The highest BCUT2D eigenvalue weighted by atomic mass is 31.2. The van der Waals surface area contributed by atoms with E-state index in [0.717, 1.165) is 23.8 Å². The highest BCUT2D eigenvalue weighted by Gasteiger charge is 2.55. The molecule has 1 aromatic carbocycles. The zero-order chi connectivity index (χ0) is 23.5. The van der Waals surface area contributed by atoms with Crippen LogP contribution in [0, 0.1) is 0 Å². The molecule has 0 aliphatic carbocycles. The fourth-order valence-electron chi connectivity index (χ4n) is 3.21. The Morgan fingerprint density at radius 2 is 2.03 bits per heavy atom. The summed E-state index contributed by atoms with van der Waals surface area (Å²) in [4.78, 5) is 25.4. The minimum Gasteiger partial charge on any atom is -0.413 e. The van der Waals surface area contributed by atoms with Crippen LogP contribution in [-0.4, -0.2) is 45.2 Å². The van der Waals surface area contributed by atoms with E-state index < -0.39 is 49.7 Å². The maximum absolute atomic E-state index is 15.3. The number of para-hydroxylation sites is 1. The lowest BCUT2D eigenvalue weighted by atomic mass is 9.98. The molecule has 12 heteroatoms. The molecule has 0 spiro atoms. The van der Waals surface area contributed by atoms with Gasteiger partial charge >= 0.3 is 13.4 Å². The lowest BCUT2D eigenvalue weighted by molar-refractivity contribution is -0.0593. The number of aromatic nitrogens is 2. The van der Waals surface area contributed by atoms with Crippen molar-refractivity contribution < 1.29 is 27.8 Å². The van der Waals surface area contributed by atoms with E-state index in [9.17, 15) is 19.3 Å². The van der Waals surface area contributed by atoms with E-state index >= 15 is 4.39 Å². The lowest BCUT2D eigenvalue weighted by Gasteiger charge is -2.25. The molecule has 0 saturated carbocycles. The number of hydrogen-bond acceptors (Lipinski definition) is 7. The quantitative estimate of drug-likeness (QED) is 0.474. The van der Waals surface area contributed by atoms with E-state index in [1.165, 1.54) is 0 Å². The molecule has 1 aliphatic heterocycles. The molecular weight excluding hydrogens is 444 g/mol.